The monoisotopic (exact) mass is 716 g/mol. The van der Waals surface area contributed by atoms with Crippen LogP contribution in [0.2, 0.25) is 0 Å². The van der Waals surface area contributed by atoms with Gasteiger partial charge in [0.15, 0.2) is 17.5 Å². The van der Waals surface area contributed by atoms with E-state index >= 15 is 0 Å². The highest BCUT2D eigenvalue weighted by molar-refractivity contribution is 6.16. The molecule has 0 aliphatic heterocycles. The number of para-hydroxylation sites is 1. The van der Waals surface area contributed by atoms with Crippen LogP contribution in [0.3, 0.4) is 0 Å². The Morgan fingerprint density at radius 2 is 0.893 bits per heavy atom. The summed E-state index contributed by atoms with van der Waals surface area (Å²) in [7, 11) is 0. The normalized spacial score (nSPS) is 11.6. The fourth-order valence-electron chi connectivity index (χ4n) is 7.99. The highest BCUT2D eigenvalue weighted by Crippen LogP contribution is 2.40. The summed E-state index contributed by atoms with van der Waals surface area (Å²) in [4.78, 5) is 15.0. The second-order valence-corrected chi connectivity index (χ2v) is 14.0. The van der Waals surface area contributed by atoms with Gasteiger partial charge >= 0.3 is 0 Å². The molecular formula is C51H32N4O. The van der Waals surface area contributed by atoms with Gasteiger partial charge in [0.1, 0.15) is 11.2 Å². The number of furan rings is 1. The Kier molecular flexibility index (Phi) is 7.42. The Morgan fingerprint density at radius 3 is 1.62 bits per heavy atom. The molecule has 0 unspecified atom stereocenters. The molecule has 0 aliphatic carbocycles. The van der Waals surface area contributed by atoms with Gasteiger partial charge in [0.2, 0.25) is 0 Å². The van der Waals surface area contributed by atoms with Crippen LogP contribution in [0.15, 0.2) is 199 Å². The molecule has 3 aromatic heterocycles. The smallest absolute Gasteiger partial charge is 0.164 e. The van der Waals surface area contributed by atoms with Crippen LogP contribution in [-0.2, 0) is 0 Å². The minimum Gasteiger partial charge on any atom is -0.456 e. The van der Waals surface area contributed by atoms with Crippen molar-refractivity contribution in [1.82, 2.24) is 19.5 Å². The summed E-state index contributed by atoms with van der Waals surface area (Å²) < 4.78 is 8.91. The van der Waals surface area contributed by atoms with E-state index < -0.39 is 0 Å². The van der Waals surface area contributed by atoms with Crippen molar-refractivity contribution >= 4 is 43.7 Å². The SMILES string of the molecule is c1ccc(-c2ccc(-c3nc(-c4ccccc4)nc(-c4ccc5c(c4)oc4ccc(-n6c7ccccc7c7c(-c8ccccc8)cccc76)cc45)n3)cc2)cc1. The largest absolute Gasteiger partial charge is 0.456 e. The third-order valence-corrected chi connectivity index (χ3v) is 10.7. The van der Waals surface area contributed by atoms with Crippen LogP contribution in [0.5, 0.6) is 0 Å². The first-order valence-corrected chi connectivity index (χ1v) is 18.8. The van der Waals surface area contributed by atoms with Crippen molar-refractivity contribution in [3.05, 3.63) is 194 Å². The number of hydrogen-bond acceptors (Lipinski definition) is 4. The van der Waals surface area contributed by atoms with Gasteiger partial charge in [0, 0.05) is 43.9 Å². The van der Waals surface area contributed by atoms with Crippen molar-refractivity contribution < 1.29 is 4.42 Å². The summed E-state index contributed by atoms with van der Waals surface area (Å²) in [6.45, 7) is 0. The van der Waals surface area contributed by atoms with E-state index in [0.29, 0.717) is 17.5 Å². The van der Waals surface area contributed by atoms with Crippen LogP contribution < -0.4 is 0 Å². The van der Waals surface area contributed by atoms with E-state index in [0.717, 1.165) is 60.9 Å². The van der Waals surface area contributed by atoms with Crippen molar-refractivity contribution in [3.8, 4) is 62.1 Å². The van der Waals surface area contributed by atoms with Crippen molar-refractivity contribution in [2.45, 2.75) is 0 Å². The molecule has 3 heterocycles. The molecule has 0 saturated heterocycles. The molecule has 0 N–H and O–H groups in total. The molecule has 0 fully saturated rings. The topological polar surface area (TPSA) is 56.7 Å². The Morgan fingerprint density at radius 1 is 0.339 bits per heavy atom. The summed E-state index contributed by atoms with van der Waals surface area (Å²) in [6, 6.07) is 67.5. The molecule has 0 bridgehead atoms. The first-order valence-electron chi connectivity index (χ1n) is 18.8. The molecule has 8 aromatic carbocycles. The van der Waals surface area contributed by atoms with Gasteiger partial charge in [-0.05, 0) is 64.7 Å². The van der Waals surface area contributed by atoms with Crippen LogP contribution in [0, 0.1) is 0 Å². The predicted molar refractivity (Wildman–Crippen MR) is 229 cm³/mol. The van der Waals surface area contributed by atoms with Gasteiger partial charge < -0.3 is 8.98 Å². The fourth-order valence-corrected chi connectivity index (χ4v) is 7.99. The summed E-state index contributed by atoms with van der Waals surface area (Å²) in [5, 5.41) is 4.55. The van der Waals surface area contributed by atoms with Gasteiger partial charge in [-0.3, -0.25) is 0 Å². The summed E-state index contributed by atoms with van der Waals surface area (Å²) in [5.41, 5.74) is 12.4. The first-order chi connectivity index (χ1) is 27.7. The van der Waals surface area contributed by atoms with Crippen LogP contribution in [0.25, 0.3) is 106 Å². The number of aromatic nitrogens is 4. The number of fused-ring (bicyclic) bond motifs is 6. The lowest BCUT2D eigenvalue weighted by Crippen LogP contribution is -2.00. The molecule has 0 saturated carbocycles. The first kappa shape index (κ1) is 31.9. The molecule has 11 aromatic rings. The van der Waals surface area contributed by atoms with E-state index in [1.165, 1.54) is 27.5 Å². The minimum atomic E-state index is 0.587. The Labute approximate surface area is 322 Å². The third-order valence-electron chi connectivity index (χ3n) is 10.7. The minimum absolute atomic E-state index is 0.587. The number of hydrogen-bond donors (Lipinski definition) is 0. The molecular weight excluding hydrogens is 685 g/mol. The Balaban J connectivity index is 1.03. The maximum absolute atomic E-state index is 6.54. The van der Waals surface area contributed by atoms with E-state index in [4.69, 9.17) is 19.4 Å². The number of nitrogens with zero attached hydrogens (tertiary/aromatic N) is 4. The van der Waals surface area contributed by atoms with Crippen LogP contribution in [0.4, 0.5) is 0 Å². The van der Waals surface area contributed by atoms with Crippen molar-refractivity contribution in [1.29, 1.82) is 0 Å². The van der Waals surface area contributed by atoms with Gasteiger partial charge in [0.25, 0.3) is 0 Å². The zero-order valence-corrected chi connectivity index (χ0v) is 30.2. The summed E-state index contributed by atoms with van der Waals surface area (Å²) in [6.07, 6.45) is 0. The lowest BCUT2D eigenvalue weighted by atomic mass is 9.99. The van der Waals surface area contributed by atoms with E-state index in [1.807, 2.05) is 42.5 Å². The third kappa shape index (κ3) is 5.37. The highest BCUT2D eigenvalue weighted by Gasteiger charge is 2.19. The lowest BCUT2D eigenvalue weighted by Gasteiger charge is -2.09. The molecule has 0 aliphatic rings. The van der Waals surface area contributed by atoms with Crippen molar-refractivity contribution in [3.63, 3.8) is 0 Å². The maximum Gasteiger partial charge on any atom is 0.164 e. The van der Waals surface area contributed by atoms with E-state index in [1.54, 1.807) is 0 Å². The Hall–Kier alpha value is -7.63. The quantitative estimate of drug-likeness (QED) is 0.172. The fraction of sp³-hybridized carbons (Fsp3) is 0. The van der Waals surface area contributed by atoms with E-state index in [9.17, 15) is 0 Å². The molecule has 5 nitrogen and oxygen atoms in total. The van der Waals surface area contributed by atoms with Crippen LogP contribution in [0.1, 0.15) is 0 Å². The average Bonchev–Trinajstić information content (AvgIpc) is 3.82. The van der Waals surface area contributed by atoms with Gasteiger partial charge in [-0.1, -0.05) is 152 Å². The van der Waals surface area contributed by atoms with Crippen molar-refractivity contribution in [2.24, 2.45) is 0 Å². The zero-order valence-electron chi connectivity index (χ0n) is 30.2. The van der Waals surface area contributed by atoms with Gasteiger partial charge in [-0.2, -0.15) is 0 Å². The number of rotatable bonds is 6. The van der Waals surface area contributed by atoms with Gasteiger partial charge in [0.05, 0.1) is 11.0 Å². The van der Waals surface area contributed by atoms with Crippen LogP contribution >= 0.6 is 0 Å². The molecule has 56 heavy (non-hydrogen) atoms. The van der Waals surface area contributed by atoms with Crippen LogP contribution in [-0.4, -0.2) is 19.5 Å². The van der Waals surface area contributed by atoms with E-state index in [-0.39, 0.29) is 0 Å². The molecule has 11 rings (SSSR count). The molecule has 0 atom stereocenters. The summed E-state index contributed by atoms with van der Waals surface area (Å²) in [5.74, 6) is 1.82. The second kappa shape index (κ2) is 13.0. The maximum atomic E-state index is 6.54. The molecule has 0 amide bonds. The summed E-state index contributed by atoms with van der Waals surface area (Å²) >= 11 is 0. The second-order valence-electron chi connectivity index (χ2n) is 14.0. The average molecular weight is 717 g/mol. The molecule has 0 spiro atoms. The van der Waals surface area contributed by atoms with Gasteiger partial charge in [-0.25, -0.2) is 15.0 Å². The van der Waals surface area contributed by atoms with Gasteiger partial charge in [-0.15, -0.1) is 0 Å². The lowest BCUT2D eigenvalue weighted by molar-refractivity contribution is 0.669. The highest BCUT2D eigenvalue weighted by atomic mass is 16.3. The molecule has 5 heteroatoms. The standard InChI is InChI=1S/C51H32N4O/c1-4-13-33(14-5-1)34-23-25-37(26-24-34)50-52-49(36-17-8-3-9-18-36)53-51(54-50)38-27-29-41-43-32-39(28-30-46(43)56-47(41)31-38)55-44-21-11-10-19-42(44)48-40(20-12-22-45(48)55)35-15-6-2-7-16-35/h1-32H. The Bertz CT molecular complexity index is 3220. The molecule has 262 valence electrons. The number of benzene rings is 8. The van der Waals surface area contributed by atoms with E-state index in [2.05, 4.69) is 156 Å². The predicted octanol–water partition coefficient (Wildman–Crippen LogP) is 13.2. The van der Waals surface area contributed by atoms with Crippen molar-refractivity contribution in [2.75, 3.05) is 0 Å². The zero-order chi connectivity index (χ0) is 37.0. The molecule has 0 radical (unpaired) electrons.